The number of nitrogens with two attached hydrogens (primary N) is 1. The lowest BCUT2D eigenvalue weighted by Crippen LogP contribution is -2.54. The van der Waals surface area contributed by atoms with Crippen molar-refractivity contribution in [2.45, 2.75) is 32.7 Å². The van der Waals surface area contributed by atoms with E-state index in [0.717, 1.165) is 26.1 Å². The SMILES string of the molecule is CCCNC(=O)CN1CCN(C(=O)C(N)CC)CC1. The Morgan fingerprint density at radius 2 is 1.84 bits per heavy atom. The third kappa shape index (κ3) is 5.16. The molecule has 19 heavy (non-hydrogen) atoms. The maximum Gasteiger partial charge on any atom is 0.239 e. The molecule has 0 aromatic rings. The number of carbonyl (C=O) groups is 2. The third-order valence-electron chi connectivity index (χ3n) is 3.38. The van der Waals surface area contributed by atoms with Gasteiger partial charge in [0.1, 0.15) is 0 Å². The topological polar surface area (TPSA) is 78.7 Å². The van der Waals surface area contributed by atoms with Crippen LogP contribution in [0.5, 0.6) is 0 Å². The molecule has 0 aromatic heterocycles. The number of nitrogens with one attached hydrogen (secondary N) is 1. The van der Waals surface area contributed by atoms with E-state index >= 15 is 0 Å². The average Bonchev–Trinajstić information content (AvgIpc) is 2.44. The number of nitrogens with zero attached hydrogens (tertiary/aromatic N) is 2. The lowest BCUT2D eigenvalue weighted by atomic mass is 10.2. The summed E-state index contributed by atoms with van der Waals surface area (Å²) in [5.41, 5.74) is 5.75. The smallest absolute Gasteiger partial charge is 0.239 e. The summed E-state index contributed by atoms with van der Waals surface area (Å²) in [6.07, 6.45) is 1.61. The maximum absolute atomic E-state index is 11.9. The first kappa shape index (κ1) is 15.9. The van der Waals surface area contributed by atoms with Crippen LogP contribution >= 0.6 is 0 Å². The molecule has 0 aliphatic carbocycles. The van der Waals surface area contributed by atoms with Gasteiger partial charge in [-0.05, 0) is 12.8 Å². The molecule has 0 spiro atoms. The highest BCUT2D eigenvalue weighted by atomic mass is 16.2. The summed E-state index contributed by atoms with van der Waals surface area (Å²) in [5, 5.41) is 2.86. The van der Waals surface area contributed by atoms with E-state index in [1.807, 2.05) is 13.8 Å². The Hall–Kier alpha value is -1.14. The summed E-state index contributed by atoms with van der Waals surface area (Å²) >= 11 is 0. The van der Waals surface area contributed by atoms with Crippen molar-refractivity contribution in [2.24, 2.45) is 5.73 Å². The van der Waals surface area contributed by atoms with Crippen molar-refractivity contribution < 1.29 is 9.59 Å². The first-order chi connectivity index (χ1) is 9.08. The Bertz CT molecular complexity index is 301. The van der Waals surface area contributed by atoms with Crippen molar-refractivity contribution in [1.82, 2.24) is 15.1 Å². The number of hydrogen-bond acceptors (Lipinski definition) is 4. The molecule has 1 atom stereocenters. The van der Waals surface area contributed by atoms with Crippen LogP contribution in [0, 0.1) is 0 Å². The zero-order valence-electron chi connectivity index (χ0n) is 12.0. The second-order valence-corrected chi connectivity index (χ2v) is 4.97. The molecule has 2 amide bonds. The standard InChI is InChI=1S/C13H26N4O2/c1-3-5-15-12(18)10-16-6-8-17(9-7-16)13(19)11(14)4-2/h11H,3-10,14H2,1-2H3,(H,15,18). The van der Waals surface area contributed by atoms with Crippen molar-refractivity contribution in [3.63, 3.8) is 0 Å². The highest BCUT2D eigenvalue weighted by Gasteiger charge is 2.24. The van der Waals surface area contributed by atoms with Crippen LogP contribution in [0.25, 0.3) is 0 Å². The van der Waals surface area contributed by atoms with Crippen LogP contribution < -0.4 is 11.1 Å². The Kier molecular flexibility index (Phi) is 6.80. The fourth-order valence-electron chi connectivity index (χ4n) is 2.06. The predicted molar refractivity (Wildman–Crippen MR) is 74.6 cm³/mol. The van der Waals surface area contributed by atoms with Gasteiger partial charge in [0.15, 0.2) is 0 Å². The summed E-state index contributed by atoms with van der Waals surface area (Å²) in [6.45, 7) is 7.88. The molecule has 1 fully saturated rings. The van der Waals surface area contributed by atoms with Crippen LogP contribution in [0.4, 0.5) is 0 Å². The van der Waals surface area contributed by atoms with E-state index in [1.54, 1.807) is 4.90 Å². The second kappa shape index (κ2) is 8.12. The molecular formula is C13H26N4O2. The van der Waals surface area contributed by atoms with Crippen LogP contribution in [-0.4, -0.2) is 66.9 Å². The second-order valence-electron chi connectivity index (χ2n) is 4.97. The van der Waals surface area contributed by atoms with Gasteiger partial charge in [-0.3, -0.25) is 14.5 Å². The third-order valence-corrected chi connectivity index (χ3v) is 3.38. The first-order valence-corrected chi connectivity index (χ1v) is 7.11. The molecule has 1 unspecified atom stereocenters. The molecule has 1 saturated heterocycles. The van der Waals surface area contributed by atoms with Gasteiger partial charge in [0.2, 0.25) is 11.8 Å². The Morgan fingerprint density at radius 3 is 2.37 bits per heavy atom. The molecule has 110 valence electrons. The van der Waals surface area contributed by atoms with Gasteiger partial charge in [0.05, 0.1) is 12.6 Å². The van der Waals surface area contributed by atoms with Crippen molar-refractivity contribution in [1.29, 1.82) is 0 Å². The normalized spacial score (nSPS) is 18.2. The fraction of sp³-hybridized carbons (Fsp3) is 0.846. The average molecular weight is 270 g/mol. The molecule has 0 aromatic carbocycles. The van der Waals surface area contributed by atoms with E-state index in [1.165, 1.54) is 0 Å². The predicted octanol–water partition coefficient (Wildman–Crippen LogP) is -0.606. The molecule has 0 radical (unpaired) electrons. The lowest BCUT2D eigenvalue weighted by molar-refractivity contribution is -0.134. The van der Waals surface area contributed by atoms with E-state index in [4.69, 9.17) is 5.73 Å². The van der Waals surface area contributed by atoms with Gasteiger partial charge in [-0.15, -0.1) is 0 Å². The molecule has 1 aliphatic rings. The van der Waals surface area contributed by atoms with E-state index in [0.29, 0.717) is 26.1 Å². The Balaban J connectivity index is 2.29. The van der Waals surface area contributed by atoms with Crippen molar-refractivity contribution >= 4 is 11.8 Å². The minimum Gasteiger partial charge on any atom is -0.355 e. The van der Waals surface area contributed by atoms with Gasteiger partial charge >= 0.3 is 0 Å². The van der Waals surface area contributed by atoms with E-state index in [9.17, 15) is 9.59 Å². The highest BCUT2D eigenvalue weighted by Crippen LogP contribution is 2.04. The van der Waals surface area contributed by atoms with Gasteiger partial charge < -0.3 is 16.0 Å². The quantitative estimate of drug-likeness (QED) is 0.675. The number of piperazine rings is 1. The number of amides is 2. The molecule has 1 rings (SSSR count). The molecule has 0 saturated carbocycles. The van der Waals surface area contributed by atoms with Crippen molar-refractivity contribution in [3.8, 4) is 0 Å². The van der Waals surface area contributed by atoms with Gasteiger partial charge in [0, 0.05) is 32.7 Å². The van der Waals surface area contributed by atoms with Gasteiger partial charge in [-0.25, -0.2) is 0 Å². The molecule has 0 bridgehead atoms. The minimum absolute atomic E-state index is 0.0255. The van der Waals surface area contributed by atoms with E-state index < -0.39 is 0 Å². The Labute approximate surface area is 115 Å². The summed E-state index contributed by atoms with van der Waals surface area (Å²) in [7, 11) is 0. The monoisotopic (exact) mass is 270 g/mol. The molecular weight excluding hydrogens is 244 g/mol. The molecule has 6 heteroatoms. The highest BCUT2D eigenvalue weighted by molar-refractivity contribution is 5.81. The molecule has 1 aliphatic heterocycles. The molecule has 3 N–H and O–H groups in total. The first-order valence-electron chi connectivity index (χ1n) is 7.11. The number of carbonyl (C=O) groups excluding carboxylic acids is 2. The van der Waals surface area contributed by atoms with Gasteiger partial charge in [-0.1, -0.05) is 13.8 Å². The lowest BCUT2D eigenvalue weighted by Gasteiger charge is -2.35. The van der Waals surface area contributed by atoms with E-state index in [-0.39, 0.29) is 17.9 Å². The van der Waals surface area contributed by atoms with Crippen LogP contribution in [-0.2, 0) is 9.59 Å². The molecule has 6 nitrogen and oxygen atoms in total. The zero-order valence-corrected chi connectivity index (χ0v) is 12.0. The Morgan fingerprint density at radius 1 is 1.21 bits per heavy atom. The van der Waals surface area contributed by atoms with Crippen LogP contribution in [0.3, 0.4) is 0 Å². The zero-order chi connectivity index (χ0) is 14.3. The summed E-state index contributed by atoms with van der Waals surface area (Å²) < 4.78 is 0. The van der Waals surface area contributed by atoms with Crippen LogP contribution in [0.2, 0.25) is 0 Å². The maximum atomic E-state index is 11.9. The van der Waals surface area contributed by atoms with E-state index in [2.05, 4.69) is 10.2 Å². The van der Waals surface area contributed by atoms with Gasteiger partial charge in [0.25, 0.3) is 0 Å². The van der Waals surface area contributed by atoms with Crippen LogP contribution in [0.1, 0.15) is 26.7 Å². The van der Waals surface area contributed by atoms with Crippen molar-refractivity contribution in [2.75, 3.05) is 39.3 Å². The minimum atomic E-state index is -0.389. The van der Waals surface area contributed by atoms with Crippen LogP contribution in [0.15, 0.2) is 0 Å². The number of hydrogen-bond donors (Lipinski definition) is 2. The molecule has 1 heterocycles. The number of rotatable bonds is 6. The van der Waals surface area contributed by atoms with Gasteiger partial charge in [-0.2, -0.15) is 0 Å². The summed E-state index contributed by atoms with van der Waals surface area (Å²) in [4.78, 5) is 27.4. The summed E-state index contributed by atoms with van der Waals surface area (Å²) in [5.74, 6) is 0.0875. The summed E-state index contributed by atoms with van der Waals surface area (Å²) in [6, 6.07) is -0.389. The van der Waals surface area contributed by atoms with Crippen molar-refractivity contribution in [3.05, 3.63) is 0 Å². The largest absolute Gasteiger partial charge is 0.355 e. The fourth-order valence-corrected chi connectivity index (χ4v) is 2.06.